The third-order valence-electron chi connectivity index (χ3n) is 2.31. The molecule has 1 aromatic carbocycles. The fourth-order valence-electron chi connectivity index (χ4n) is 1.24. The van der Waals surface area contributed by atoms with E-state index in [0.29, 0.717) is 22.6 Å². The summed E-state index contributed by atoms with van der Waals surface area (Å²) in [6.07, 6.45) is 0. The number of hydrogen-bond acceptors (Lipinski definition) is 4. The highest BCUT2D eigenvalue weighted by molar-refractivity contribution is 6.08. The molecule has 1 aromatic rings. The predicted octanol–water partition coefficient (Wildman–Crippen LogP) is 2.05. The zero-order valence-electron chi connectivity index (χ0n) is 10.1. The van der Waals surface area contributed by atoms with Gasteiger partial charge in [-0.1, -0.05) is 0 Å². The lowest BCUT2D eigenvalue weighted by molar-refractivity contribution is -0.131. The smallest absolute Gasteiger partial charge is 0.308 e. The number of benzene rings is 1. The van der Waals surface area contributed by atoms with Crippen molar-refractivity contribution in [2.24, 2.45) is 5.73 Å². The standard InChI is InChI=1S/C13H15NO3/c1-8(9(2)14)13(16)11-4-6-12(7-5-11)17-10(3)15/h4-7H,14H2,1-3H3/b9-8-. The molecule has 0 radical (unpaired) electrons. The molecule has 0 atom stereocenters. The van der Waals surface area contributed by atoms with Gasteiger partial charge in [-0.2, -0.15) is 0 Å². The molecule has 4 nitrogen and oxygen atoms in total. The summed E-state index contributed by atoms with van der Waals surface area (Å²) in [5.74, 6) is -0.0996. The Hall–Kier alpha value is -2.10. The molecule has 4 heteroatoms. The number of carbonyl (C=O) groups is 2. The Balaban J connectivity index is 2.92. The van der Waals surface area contributed by atoms with Crippen LogP contribution in [0, 0.1) is 0 Å². The predicted molar refractivity (Wildman–Crippen MR) is 64.6 cm³/mol. The SMILES string of the molecule is CC(=O)Oc1ccc(C(=O)/C(C)=C(/C)N)cc1. The summed E-state index contributed by atoms with van der Waals surface area (Å²) in [4.78, 5) is 22.6. The van der Waals surface area contributed by atoms with Crippen molar-refractivity contribution in [1.29, 1.82) is 0 Å². The minimum Gasteiger partial charge on any atom is -0.427 e. The van der Waals surface area contributed by atoms with Gasteiger partial charge in [-0.15, -0.1) is 0 Å². The quantitative estimate of drug-likeness (QED) is 0.375. The number of rotatable bonds is 3. The van der Waals surface area contributed by atoms with Crippen molar-refractivity contribution >= 4 is 11.8 Å². The molecule has 0 bridgehead atoms. The Labute approximate surface area is 100 Å². The molecule has 0 aliphatic heterocycles. The van der Waals surface area contributed by atoms with E-state index >= 15 is 0 Å². The summed E-state index contributed by atoms with van der Waals surface area (Å²) in [5, 5.41) is 0. The summed E-state index contributed by atoms with van der Waals surface area (Å²) in [6, 6.07) is 6.36. The van der Waals surface area contributed by atoms with Gasteiger partial charge in [-0.3, -0.25) is 9.59 Å². The fraction of sp³-hybridized carbons (Fsp3) is 0.231. The Morgan fingerprint density at radius 3 is 2.00 bits per heavy atom. The molecule has 0 saturated heterocycles. The molecule has 0 aliphatic rings. The molecule has 0 spiro atoms. The zero-order valence-corrected chi connectivity index (χ0v) is 10.1. The van der Waals surface area contributed by atoms with Gasteiger partial charge in [0.05, 0.1) is 0 Å². The van der Waals surface area contributed by atoms with Crippen LogP contribution in [0.5, 0.6) is 5.75 Å². The minimum absolute atomic E-state index is 0.126. The van der Waals surface area contributed by atoms with Crippen LogP contribution in [-0.2, 0) is 4.79 Å². The van der Waals surface area contributed by atoms with Crippen LogP contribution in [-0.4, -0.2) is 11.8 Å². The third kappa shape index (κ3) is 3.45. The normalized spacial score (nSPS) is 11.7. The van der Waals surface area contributed by atoms with E-state index in [9.17, 15) is 9.59 Å². The van der Waals surface area contributed by atoms with Gasteiger partial charge >= 0.3 is 5.97 Å². The molecule has 0 unspecified atom stereocenters. The van der Waals surface area contributed by atoms with Gasteiger partial charge in [0.1, 0.15) is 5.75 Å². The van der Waals surface area contributed by atoms with Crippen LogP contribution in [0.25, 0.3) is 0 Å². The molecule has 0 heterocycles. The van der Waals surface area contributed by atoms with E-state index in [1.165, 1.54) is 6.92 Å². The second-order valence-corrected chi connectivity index (χ2v) is 3.76. The third-order valence-corrected chi connectivity index (χ3v) is 2.31. The molecule has 0 fully saturated rings. The molecular weight excluding hydrogens is 218 g/mol. The summed E-state index contributed by atoms with van der Waals surface area (Å²) >= 11 is 0. The summed E-state index contributed by atoms with van der Waals surface area (Å²) < 4.78 is 4.87. The summed E-state index contributed by atoms with van der Waals surface area (Å²) in [6.45, 7) is 4.68. The van der Waals surface area contributed by atoms with Crippen molar-refractivity contribution in [3.63, 3.8) is 0 Å². The van der Waals surface area contributed by atoms with Crippen LogP contribution in [0.4, 0.5) is 0 Å². The first-order valence-corrected chi connectivity index (χ1v) is 5.18. The van der Waals surface area contributed by atoms with E-state index in [1.807, 2.05) is 0 Å². The maximum absolute atomic E-state index is 11.9. The molecule has 17 heavy (non-hydrogen) atoms. The minimum atomic E-state index is -0.391. The van der Waals surface area contributed by atoms with E-state index in [2.05, 4.69) is 0 Å². The van der Waals surface area contributed by atoms with Gasteiger partial charge in [-0.05, 0) is 38.1 Å². The number of hydrogen-bond donors (Lipinski definition) is 1. The van der Waals surface area contributed by atoms with Gasteiger partial charge in [0.25, 0.3) is 0 Å². The van der Waals surface area contributed by atoms with E-state index in [4.69, 9.17) is 10.5 Å². The van der Waals surface area contributed by atoms with Crippen LogP contribution in [0.2, 0.25) is 0 Å². The first kappa shape index (κ1) is 13.0. The number of nitrogens with two attached hydrogens (primary N) is 1. The van der Waals surface area contributed by atoms with Crippen molar-refractivity contribution in [3.05, 3.63) is 41.1 Å². The number of Topliss-reactive ketones (excluding diaryl/α,β-unsaturated/α-hetero) is 1. The molecule has 0 saturated carbocycles. The van der Waals surface area contributed by atoms with E-state index in [1.54, 1.807) is 38.1 Å². The first-order valence-electron chi connectivity index (χ1n) is 5.18. The van der Waals surface area contributed by atoms with Crippen LogP contribution in [0.1, 0.15) is 31.1 Å². The summed E-state index contributed by atoms with van der Waals surface area (Å²) in [5.41, 5.74) is 7.09. The number of ketones is 1. The van der Waals surface area contributed by atoms with Crippen molar-refractivity contribution < 1.29 is 14.3 Å². The summed E-state index contributed by atoms with van der Waals surface area (Å²) in [7, 11) is 0. The van der Waals surface area contributed by atoms with Crippen LogP contribution in [0.3, 0.4) is 0 Å². The van der Waals surface area contributed by atoms with Crippen molar-refractivity contribution in [2.45, 2.75) is 20.8 Å². The van der Waals surface area contributed by atoms with Gasteiger partial charge in [0.2, 0.25) is 0 Å². The van der Waals surface area contributed by atoms with E-state index in [-0.39, 0.29) is 5.78 Å². The highest BCUT2D eigenvalue weighted by Crippen LogP contribution is 2.15. The largest absolute Gasteiger partial charge is 0.427 e. The Kier molecular flexibility index (Phi) is 4.04. The van der Waals surface area contributed by atoms with Gasteiger partial charge in [-0.25, -0.2) is 0 Å². The fourth-order valence-corrected chi connectivity index (χ4v) is 1.24. The van der Waals surface area contributed by atoms with Crippen LogP contribution < -0.4 is 10.5 Å². The first-order chi connectivity index (χ1) is 7.91. The van der Waals surface area contributed by atoms with Crippen LogP contribution >= 0.6 is 0 Å². The van der Waals surface area contributed by atoms with Crippen molar-refractivity contribution in [2.75, 3.05) is 0 Å². The highest BCUT2D eigenvalue weighted by atomic mass is 16.5. The molecule has 0 amide bonds. The maximum Gasteiger partial charge on any atom is 0.308 e. The maximum atomic E-state index is 11.9. The lowest BCUT2D eigenvalue weighted by Crippen LogP contribution is -2.07. The van der Waals surface area contributed by atoms with Gasteiger partial charge in [0, 0.05) is 23.8 Å². The monoisotopic (exact) mass is 233 g/mol. The number of esters is 1. The second kappa shape index (κ2) is 5.30. The Morgan fingerprint density at radius 1 is 1.06 bits per heavy atom. The van der Waals surface area contributed by atoms with E-state index in [0.717, 1.165) is 0 Å². The molecule has 0 aromatic heterocycles. The number of carbonyl (C=O) groups excluding carboxylic acids is 2. The van der Waals surface area contributed by atoms with Crippen LogP contribution in [0.15, 0.2) is 35.5 Å². The van der Waals surface area contributed by atoms with Crippen molar-refractivity contribution in [1.82, 2.24) is 0 Å². The average Bonchev–Trinajstić information content (AvgIpc) is 2.27. The Morgan fingerprint density at radius 2 is 1.59 bits per heavy atom. The molecule has 90 valence electrons. The second-order valence-electron chi connectivity index (χ2n) is 3.76. The Bertz CT molecular complexity index is 468. The molecule has 1 rings (SSSR count). The van der Waals surface area contributed by atoms with E-state index < -0.39 is 5.97 Å². The lowest BCUT2D eigenvalue weighted by atomic mass is 10.0. The molecular formula is C13H15NO3. The zero-order chi connectivity index (χ0) is 13.0. The lowest BCUT2D eigenvalue weighted by Gasteiger charge is -2.05. The van der Waals surface area contributed by atoms with Gasteiger partial charge < -0.3 is 10.5 Å². The van der Waals surface area contributed by atoms with Crippen molar-refractivity contribution in [3.8, 4) is 5.75 Å². The topological polar surface area (TPSA) is 69.4 Å². The number of allylic oxidation sites excluding steroid dienone is 2. The molecule has 0 aliphatic carbocycles. The average molecular weight is 233 g/mol. The molecule has 2 N–H and O–H groups in total. The number of ether oxygens (including phenoxy) is 1. The van der Waals surface area contributed by atoms with Gasteiger partial charge in [0.15, 0.2) is 5.78 Å². The highest BCUT2D eigenvalue weighted by Gasteiger charge is 2.10.